The molecule has 1 atom stereocenters. The fourth-order valence-corrected chi connectivity index (χ4v) is 4.35. The highest BCUT2D eigenvalue weighted by Crippen LogP contribution is 2.39. The summed E-state index contributed by atoms with van der Waals surface area (Å²) in [5, 5.41) is 6.46. The summed E-state index contributed by atoms with van der Waals surface area (Å²) in [5.41, 5.74) is 2.88. The molecule has 1 unspecified atom stereocenters. The summed E-state index contributed by atoms with van der Waals surface area (Å²) in [5.74, 6) is 2.26. The highest BCUT2D eigenvalue weighted by molar-refractivity contribution is 6.03. The molecule has 0 bridgehead atoms. The summed E-state index contributed by atoms with van der Waals surface area (Å²) in [6.45, 7) is 4.31. The Labute approximate surface area is 187 Å². The van der Waals surface area contributed by atoms with Crippen molar-refractivity contribution in [3.05, 3.63) is 53.6 Å². The van der Waals surface area contributed by atoms with Crippen LogP contribution in [0.15, 0.2) is 47.6 Å². The maximum Gasteiger partial charge on any atom is 0.257 e. The Hall–Kier alpha value is -3.10. The minimum atomic E-state index is -0.179. The average molecular weight is 437 g/mol. The van der Waals surface area contributed by atoms with E-state index in [1.165, 1.54) is 0 Å². The first-order chi connectivity index (χ1) is 15.6. The molecule has 3 heterocycles. The number of nitrogens with zero attached hydrogens (tertiary/aromatic N) is 4. The van der Waals surface area contributed by atoms with Crippen LogP contribution in [-0.4, -0.2) is 80.1 Å². The Bertz CT molecular complexity index is 1020. The molecule has 8 nitrogen and oxygen atoms in total. The van der Waals surface area contributed by atoms with Crippen LogP contribution in [0, 0.1) is 0 Å². The summed E-state index contributed by atoms with van der Waals surface area (Å²) in [4.78, 5) is 17.9. The highest BCUT2D eigenvalue weighted by Gasteiger charge is 2.35. The van der Waals surface area contributed by atoms with Crippen LogP contribution in [-0.2, 0) is 4.79 Å². The van der Waals surface area contributed by atoms with Gasteiger partial charge in [-0.15, -0.1) is 0 Å². The Morgan fingerprint density at radius 2 is 1.81 bits per heavy atom. The Balaban J connectivity index is 1.41. The SMILES string of the molecule is COc1ccc(C2=NN(C(=O)CN3CCN(C)CC3)C(c3ccc4c(c3)OCO4)C2)cc1. The van der Waals surface area contributed by atoms with Gasteiger partial charge >= 0.3 is 0 Å². The number of carbonyl (C=O) groups is 1. The van der Waals surface area contributed by atoms with Gasteiger partial charge in [0, 0.05) is 32.6 Å². The molecule has 3 aliphatic rings. The monoisotopic (exact) mass is 436 g/mol. The zero-order valence-corrected chi connectivity index (χ0v) is 18.5. The third kappa shape index (κ3) is 4.16. The molecule has 0 spiro atoms. The molecular weight excluding hydrogens is 408 g/mol. The normalized spacial score (nSPS) is 21.0. The zero-order valence-electron chi connectivity index (χ0n) is 18.5. The molecule has 0 saturated carbocycles. The van der Waals surface area contributed by atoms with E-state index < -0.39 is 0 Å². The summed E-state index contributed by atoms with van der Waals surface area (Å²) in [6.07, 6.45) is 0.639. The number of methoxy groups -OCH3 is 1. The second-order valence-electron chi connectivity index (χ2n) is 8.43. The van der Waals surface area contributed by atoms with Crippen molar-refractivity contribution in [2.45, 2.75) is 12.5 Å². The van der Waals surface area contributed by atoms with E-state index in [2.05, 4.69) is 16.8 Å². The number of ether oxygens (including phenoxy) is 3. The van der Waals surface area contributed by atoms with Gasteiger partial charge < -0.3 is 19.1 Å². The molecule has 1 fully saturated rings. The van der Waals surface area contributed by atoms with E-state index in [-0.39, 0.29) is 18.7 Å². The molecule has 5 rings (SSSR count). The van der Waals surface area contributed by atoms with Crippen LogP contribution in [0.2, 0.25) is 0 Å². The molecule has 0 aliphatic carbocycles. The van der Waals surface area contributed by atoms with E-state index in [4.69, 9.17) is 19.3 Å². The van der Waals surface area contributed by atoms with Crippen molar-refractivity contribution in [2.75, 3.05) is 53.7 Å². The van der Waals surface area contributed by atoms with Crippen molar-refractivity contribution in [1.82, 2.24) is 14.8 Å². The lowest BCUT2D eigenvalue weighted by Crippen LogP contribution is -2.48. The highest BCUT2D eigenvalue weighted by atomic mass is 16.7. The number of fused-ring (bicyclic) bond motifs is 1. The predicted octanol–water partition coefficient (Wildman–Crippen LogP) is 2.35. The van der Waals surface area contributed by atoms with Crippen LogP contribution in [0.25, 0.3) is 0 Å². The van der Waals surface area contributed by atoms with Gasteiger partial charge in [0.15, 0.2) is 11.5 Å². The van der Waals surface area contributed by atoms with Gasteiger partial charge in [-0.2, -0.15) is 5.10 Å². The van der Waals surface area contributed by atoms with Crippen molar-refractivity contribution in [3.63, 3.8) is 0 Å². The van der Waals surface area contributed by atoms with E-state index in [0.29, 0.717) is 18.7 Å². The number of hydrazone groups is 1. The maximum atomic E-state index is 13.4. The smallest absolute Gasteiger partial charge is 0.257 e. The standard InChI is InChI=1S/C24H28N4O4/c1-26-9-11-27(12-10-26)15-24(29)28-21(18-5-8-22-23(13-18)32-16-31-22)14-20(25-28)17-3-6-19(30-2)7-4-17/h3-8,13,21H,9-12,14-16H2,1-2H3. The van der Waals surface area contributed by atoms with E-state index in [9.17, 15) is 4.79 Å². The Morgan fingerprint density at radius 3 is 2.56 bits per heavy atom. The van der Waals surface area contributed by atoms with Crippen molar-refractivity contribution >= 4 is 11.6 Å². The third-order valence-corrected chi connectivity index (χ3v) is 6.33. The number of rotatable bonds is 5. The molecule has 1 amide bonds. The number of likely N-dealkylation sites (N-methyl/N-ethyl adjacent to an activating group) is 1. The molecule has 0 N–H and O–H groups in total. The number of hydrogen-bond donors (Lipinski definition) is 0. The van der Waals surface area contributed by atoms with E-state index in [1.807, 2.05) is 42.5 Å². The number of amides is 1. The maximum absolute atomic E-state index is 13.4. The van der Waals surface area contributed by atoms with E-state index in [0.717, 1.165) is 54.5 Å². The lowest BCUT2D eigenvalue weighted by atomic mass is 9.98. The molecule has 32 heavy (non-hydrogen) atoms. The van der Waals surface area contributed by atoms with Gasteiger partial charge in [0.1, 0.15) is 5.75 Å². The molecule has 168 valence electrons. The molecule has 2 aromatic carbocycles. The summed E-state index contributed by atoms with van der Waals surface area (Å²) >= 11 is 0. The first-order valence-electron chi connectivity index (χ1n) is 10.9. The van der Waals surface area contributed by atoms with Gasteiger partial charge in [-0.3, -0.25) is 9.69 Å². The minimum absolute atomic E-state index is 0.0146. The lowest BCUT2D eigenvalue weighted by Gasteiger charge is -2.33. The summed E-state index contributed by atoms with van der Waals surface area (Å²) in [7, 11) is 3.76. The topological polar surface area (TPSA) is 66.8 Å². The molecular formula is C24H28N4O4. The van der Waals surface area contributed by atoms with Gasteiger partial charge in [0.2, 0.25) is 6.79 Å². The second-order valence-corrected chi connectivity index (χ2v) is 8.43. The second kappa shape index (κ2) is 8.80. The van der Waals surface area contributed by atoms with Gasteiger partial charge in [-0.25, -0.2) is 5.01 Å². The largest absolute Gasteiger partial charge is 0.497 e. The quantitative estimate of drug-likeness (QED) is 0.717. The van der Waals surface area contributed by atoms with Gasteiger partial charge in [0.05, 0.1) is 25.4 Å². The fraction of sp³-hybridized carbons (Fsp3) is 0.417. The summed E-state index contributed by atoms with van der Waals surface area (Å²) in [6, 6.07) is 13.5. The first kappa shape index (κ1) is 20.8. The molecule has 0 radical (unpaired) electrons. The van der Waals surface area contributed by atoms with Gasteiger partial charge in [-0.05, 0) is 54.6 Å². The van der Waals surface area contributed by atoms with Crippen LogP contribution in [0.1, 0.15) is 23.6 Å². The van der Waals surface area contributed by atoms with E-state index >= 15 is 0 Å². The molecule has 1 saturated heterocycles. The first-order valence-corrected chi connectivity index (χ1v) is 10.9. The van der Waals surface area contributed by atoms with Crippen LogP contribution < -0.4 is 14.2 Å². The zero-order chi connectivity index (χ0) is 22.1. The van der Waals surface area contributed by atoms with Crippen LogP contribution >= 0.6 is 0 Å². The Morgan fingerprint density at radius 1 is 1.06 bits per heavy atom. The number of carbonyl (C=O) groups excluding carboxylic acids is 1. The van der Waals surface area contributed by atoms with Crippen LogP contribution in [0.5, 0.6) is 17.2 Å². The predicted molar refractivity (Wildman–Crippen MR) is 120 cm³/mol. The van der Waals surface area contributed by atoms with Crippen molar-refractivity contribution in [3.8, 4) is 17.2 Å². The minimum Gasteiger partial charge on any atom is -0.497 e. The summed E-state index contributed by atoms with van der Waals surface area (Å²) < 4.78 is 16.3. The van der Waals surface area contributed by atoms with E-state index in [1.54, 1.807) is 12.1 Å². The molecule has 3 aliphatic heterocycles. The number of hydrogen-bond acceptors (Lipinski definition) is 7. The van der Waals surface area contributed by atoms with Gasteiger partial charge in [-0.1, -0.05) is 6.07 Å². The van der Waals surface area contributed by atoms with Gasteiger partial charge in [0.25, 0.3) is 5.91 Å². The van der Waals surface area contributed by atoms with Crippen molar-refractivity contribution in [2.24, 2.45) is 5.10 Å². The average Bonchev–Trinajstić information content (AvgIpc) is 3.47. The number of piperazine rings is 1. The lowest BCUT2D eigenvalue weighted by molar-refractivity contribution is -0.134. The molecule has 8 heteroatoms. The third-order valence-electron chi connectivity index (χ3n) is 6.33. The van der Waals surface area contributed by atoms with Crippen LogP contribution in [0.3, 0.4) is 0 Å². The van der Waals surface area contributed by atoms with Crippen molar-refractivity contribution in [1.29, 1.82) is 0 Å². The Kier molecular flexibility index (Phi) is 5.71. The number of benzene rings is 2. The fourth-order valence-electron chi connectivity index (χ4n) is 4.35. The van der Waals surface area contributed by atoms with Crippen molar-refractivity contribution < 1.29 is 19.0 Å². The van der Waals surface area contributed by atoms with Crippen LogP contribution in [0.4, 0.5) is 0 Å². The molecule has 0 aromatic heterocycles. The molecule has 2 aromatic rings.